The molecular weight excluding hydrogens is 370 g/mol. The van der Waals surface area contributed by atoms with E-state index in [9.17, 15) is 13.2 Å². The number of hydrogen-bond acceptors (Lipinski definition) is 2. The van der Waals surface area contributed by atoms with Crippen molar-refractivity contribution in [2.24, 2.45) is 0 Å². The van der Waals surface area contributed by atoms with Gasteiger partial charge in [-0.15, -0.1) is 0 Å². The molecule has 1 aromatic heterocycles. The van der Waals surface area contributed by atoms with Crippen LogP contribution in [0.2, 0.25) is 0 Å². The molecule has 1 aromatic carbocycles. The van der Waals surface area contributed by atoms with E-state index in [1.54, 1.807) is 0 Å². The second-order valence-corrected chi connectivity index (χ2v) is 4.71. The van der Waals surface area contributed by atoms with Crippen LogP contribution in [0.1, 0.15) is 23.9 Å². The van der Waals surface area contributed by atoms with Crippen LogP contribution in [-0.4, -0.2) is 4.98 Å². The van der Waals surface area contributed by atoms with Crippen LogP contribution in [0.4, 0.5) is 13.2 Å². The number of benzene rings is 1. The molecule has 0 saturated carbocycles. The summed E-state index contributed by atoms with van der Waals surface area (Å²) in [5.41, 5.74) is 0.726. The van der Waals surface area contributed by atoms with E-state index in [4.69, 9.17) is 4.42 Å². The van der Waals surface area contributed by atoms with Gasteiger partial charge in [0.1, 0.15) is 5.76 Å². The molecule has 0 unspecified atom stereocenters. The average Bonchev–Trinajstić information content (AvgIpc) is 2.81. The molecule has 0 amide bonds. The quantitative estimate of drug-likeness (QED) is 0.561. The van der Waals surface area contributed by atoms with Crippen LogP contribution in [0.15, 0.2) is 28.7 Å². The first-order valence-corrected chi connectivity index (χ1v) is 7.20. The van der Waals surface area contributed by atoms with Gasteiger partial charge in [0, 0.05) is 16.4 Å². The number of aryl methyl sites for hydroxylation is 1. The van der Waals surface area contributed by atoms with Gasteiger partial charge in [0.2, 0.25) is 5.89 Å². The van der Waals surface area contributed by atoms with Gasteiger partial charge >= 0.3 is 6.18 Å². The lowest BCUT2D eigenvalue weighted by atomic mass is 10.1. The molecule has 102 valence electrons. The van der Waals surface area contributed by atoms with Crippen molar-refractivity contribution in [3.05, 3.63) is 41.3 Å². The molecule has 0 aliphatic carbocycles. The molecule has 0 atom stereocenters. The van der Waals surface area contributed by atoms with Crippen molar-refractivity contribution in [2.45, 2.75) is 23.9 Å². The Kier molecular flexibility index (Phi) is 4.17. The second-order valence-electron chi connectivity index (χ2n) is 3.95. The molecule has 0 saturated heterocycles. The molecule has 0 fully saturated rings. The number of halogens is 4. The Labute approximate surface area is 122 Å². The van der Waals surface area contributed by atoms with Gasteiger partial charge in [-0.25, -0.2) is 4.98 Å². The Balaban J connectivity index is 2.34. The molecule has 0 spiro atoms. The van der Waals surface area contributed by atoms with Crippen LogP contribution in [-0.2, 0) is 17.0 Å². The predicted octanol–water partition coefficient (Wildman–Crippen LogP) is 4.86. The highest BCUT2D eigenvalue weighted by Gasteiger charge is 2.30. The molecule has 0 radical (unpaired) electrons. The first-order chi connectivity index (χ1) is 8.95. The van der Waals surface area contributed by atoms with Crippen LogP contribution in [0.25, 0.3) is 11.5 Å². The molecule has 2 nitrogen and oxygen atoms in total. The monoisotopic (exact) mass is 381 g/mol. The zero-order valence-electron chi connectivity index (χ0n) is 10.1. The maximum atomic E-state index is 12.5. The van der Waals surface area contributed by atoms with Gasteiger partial charge in [-0.05, 0) is 24.3 Å². The fourth-order valence-corrected chi connectivity index (χ4v) is 2.29. The van der Waals surface area contributed by atoms with Crippen molar-refractivity contribution in [2.75, 3.05) is 0 Å². The highest BCUT2D eigenvalue weighted by atomic mass is 127. The Morgan fingerprint density at radius 2 is 1.84 bits per heavy atom. The van der Waals surface area contributed by atoms with E-state index in [0.29, 0.717) is 22.3 Å². The third kappa shape index (κ3) is 3.10. The van der Waals surface area contributed by atoms with Crippen molar-refractivity contribution >= 4 is 22.6 Å². The van der Waals surface area contributed by atoms with Crippen LogP contribution < -0.4 is 0 Å². The Hall–Kier alpha value is -1.05. The summed E-state index contributed by atoms with van der Waals surface area (Å²) in [5.74, 6) is 1.15. The number of nitrogens with zero attached hydrogens (tertiary/aromatic N) is 1. The van der Waals surface area contributed by atoms with Crippen LogP contribution in [0.3, 0.4) is 0 Å². The third-order valence-electron chi connectivity index (χ3n) is 2.69. The Morgan fingerprint density at radius 3 is 2.26 bits per heavy atom. The molecule has 2 rings (SSSR count). The minimum absolute atomic E-state index is 0.372. The number of oxazole rings is 1. The zero-order valence-corrected chi connectivity index (χ0v) is 12.2. The van der Waals surface area contributed by atoms with Gasteiger partial charge in [-0.2, -0.15) is 13.2 Å². The second kappa shape index (κ2) is 5.52. The van der Waals surface area contributed by atoms with Gasteiger partial charge in [0.15, 0.2) is 0 Å². The van der Waals surface area contributed by atoms with E-state index < -0.39 is 11.7 Å². The van der Waals surface area contributed by atoms with Gasteiger partial charge < -0.3 is 4.42 Å². The summed E-state index contributed by atoms with van der Waals surface area (Å²) in [5, 5.41) is 0. The largest absolute Gasteiger partial charge is 0.441 e. The van der Waals surface area contributed by atoms with E-state index in [0.717, 1.165) is 23.6 Å². The van der Waals surface area contributed by atoms with Gasteiger partial charge in [0.05, 0.1) is 11.3 Å². The lowest BCUT2D eigenvalue weighted by Crippen LogP contribution is -2.03. The summed E-state index contributed by atoms with van der Waals surface area (Å²) in [4.78, 5) is 4.31. The molecule has 0 N–H and O–H groups in total. The molecular formula is C13H11F3INO. The molecule has 0 aliphatic heterocycles. The number of rotatable bonds is 3. The maximum absolute atomic E-state index is 12.5. The van der Waals surface area contributed by atoms with Crippen LogP contribution in [0, 0.1) is 0 Å². The maximum Gasteiger partial charge on any atom is 0.416 e. The summed E-state index contributed by atoms with van der Waals surface area (Å²) in [6.07, 6.45) is -3.61. The van der Waals surface area contributed by atoms with Gasteiger partial charge in [-0.3, -0.25) is 0 Å². The van der Waals surface area contributed by atoms with E-state index in [1.165, 1.54) is 12.1 Å². The smallest absolute Gasteiger partial charge is 0.416 e. The van der Waals surface area contributed by atoms with E-state index >= 15 is 0 Å². The van der Waals surface area contributed by atoms with Crippen molar-refractivity contribution in [1.29, 1.82) is 0 Å². The molecule has 1 heterocycles. The first-order valence-electron chi connectivity index (χ1n) is 5.68. The summed E-state index contributed by atoms with van der Waals surface area (Å²) >= 11 is 2.18. The average molecular weight is 381 g/mol. The lowest BCUT2D eigenvalue weighted by Gasteiger charge is -2.06. The van der Waals surface area contributed by atoms with Crippen molar-refractivity contribution in [3.63, 3.8) is 0 Å². The molecule has 0 aliphatic rings. The summed E-state index contributed by atoms with van der Waals surface area (Å²) in [6.45, 7) is 1.95. The molecule has 6 heteroatoms. The standard InChI is InChI=1S/C13H11F3INO/c1-2-11-10(7-17)18-12(19-11)8-3-5-9(6-4-8)13(14,15)16/h3-6H,2,7H2,1H3. The third-order valence-corrected chi connectivity index (χ3v) is 3.41. The number of aromatic nitrogens is 1. The summed E-state index contributed by atoms with van der Waals surface area (Å²) in [7, 11) is 0. The normalized spacial score (nSPS) is 11.8. The Bertz CT molecular complexity index is 539. The topological polar surface area (TPSA) is 26.0 Å². The molecule has 0 bridgehead atoms. The zero-order chi connectivity index (χ0) is 14.0. The van der Waals surface area contributed by atoms with Crippen molar-refractivity contribution < 1.29 is 17.6 Å². The van der Waals surface area contributed by atoms with Gasteiger partial charge in [-0.1, -0.05) is 29.5 Å². The van der Waals surface area contributed by atoms with E-state index in [-0.39, 0.29) is 0 Å². The van der Waals surface area contributed by atoms with Crippen molar-refractivity contribution in [1.82, 2.24) is 4.98 Å². The van der Waals surface area contributed by atoms with Crippen LogP contribution >= 0.6 is 22.6 Å². The van der Waals surface area contributed by atoms with Crippen molar-refractivity contribution in [3.8, 4) is 11.5 Å². The van der Waals surface area contributed by atoms with E-state index in [2.05, 4.69) is 27.6 Å². The minimum atomic E-state index is -4.32. The Morgan fingerprint density at radius 1 is 1.21 bits per heavy atom. The number of alkyl halides is 4. The fourth-order valence-electron chi connectivity index (χ4n) is 1.69. The number of hydrogen-bond donors (Lipinski definition) is 0. The SMILES string of the molecule is CCc1oc(-c2ccc(C(F)(F)F)cc2)nc1CI. The lowest BCUT2D eigenvalue weighted by molar-refractivity contribution is -0.137. The highest BCUT2D eigenvalue weighted by Crippen LogP contribution is 2.31. The van der Waals surface area contributed by atoms with E-state index in [1.807, 2.05) is 6.92 Å². The summed E-state index contributed by atoms with van der Waals surface area (Å²) in [6, 6.07) is 4.83. The fraction of sp³-hybridized carbons (Fsp3) is 0.308. The van der Waals surface area contributed by atoms with Gasteiger partial charge in [0.25, 0.3) is 0 Å². The van der Waals surface area contributed by atoms with Crippen LogP contribution in [0.5, 0.6) is 0 Å². The first kappa shape index (κ1) is 14.4. The highest BCUT2D eigenvalue weighted by molar-refractivity contribution is 14.1. The molecule has 2 aromatic rings. The molecule has 19 heavy (non-hydrogen) atoms. The minimum Gasteiger partial charge on any atom is -0.441 e. The summed E-state index contributed by atoms with van der Waals surface area (Å²) < 4.78 is 43.7. The predicted molar refractivity (Wildman–Crippen MR) is 74.0 cm³/mol.